The third-order valence-corrected chi connectivity index (χ3v) is 6.11. The van der Waals surface area contributed by atoms with Gasteiger partial charge in [0.05, 0.1) is 6.61 Å². The molecule has 0 amide bonds. The maximum atomic E-state index is 5.82. The summed E-state index contributed by atoms with van der Waals surface area (Å²) in [5.74, 6) is 0.970. The number of hydrogen-bond donors (Lipinski definition) is 1. The lowest BCUT2D eigenvalue weighted by molar-refractivity contribution is 0.281. The zero-order valence-corrected chi connectivity index (χ0v) is 19.1. The van der Waals surface area contributed by atoms with E-state index >= 15 is 0 Å². The highest BCUT2D eigenvalue weighted by Gasteiger charge is 2.28. The van der Waals surface area contributed by atoms with Gasteiger partial charge in [-0.15, -0.1) is 0 Å². The molecule has 0 aliphatic heterocycles. The van der Waals surface area contributed by atoms with Crippen molar-refractivity contribution < 1.29 is 4.74 Å². The van der Waals surface area contributed by atoms with Crippen LogP contribution in [0.15, 0.2) is 35.4 Å². The number of benzene rings is 1. The molecule has 0 fully saturated rings. The molecule has 0 saturated heterocycles. The van der Waals surface area contributed by atoms with Gasteiger partial charge in [0.1, 0.15) is 5.75 Å². The molecule has 0 bridgehead atoms. The monoisotopic (exact) mass is 386 g/mol. The number of nitrogens with one attached hydrogen (secondary N) is 1. The first-order valence-corrected chi connectivity index (χ1v) is 11.1. The zero-order valence-electron chi connectivity index (χ0n) is 19.1. The second-order valence-electron chi connectivity index (χ2n) is 9.47. The minimum atomic E-state index is 0.393. The van der Waals surface area contributed by atoms with Crippen LogP contribution in [0.5, 0.6) is 5.75 Å². The molecule has 1 aromatic rings. The summed E-state index contributed by atoms with van der Waals surface area (Å²) < 4.78 is 5.82. The molecule has 1 atom stereocenters. The van der Waals surface area contributed by atoms with E-state index in [9.17, 15) is 0 Å². The molecule has 1 unspecified atom stereocenters. The van der Waals surface area contributed by atoms with E-state index in [1.165, 1.54) is 37.7 Å². The SMILES string of the molecule is CC1=C(CCC(C)NCc2ccc(OCCCN(C)C)cc2)C(C)(C)CCC1. The Bertz CT molecular complexity index is 616. The molecule has 28 heavy (non-hydrogen) atoms. The third-order valence-electron chi connectivity index (χ3n) is 6.11. The summed E-state index contributed by atoms with van der Waals surface area (Å²) in [6.07, 6.45) is 7.48. The normalized spacial score (nSPS) is 17.8. The molecule has 1 aromatic carbocycles. The van der Waals surface area contributed by atoms with Gasteiger partial charge >= 0.3 is 0 Å². The lowest BCUT2D eigenvalue weighted by Crippen LogP contribution is -2.27. The van der Waals surface area contributed by atoms with Crippen molar-refractivity contribution in [2.24, 2.45) is 5.41 Å². The average molecular weight is 387 g/mol. The Hall–Kier alpha value is -1.32. The Morgan fingerprint density at radius 3 is 2.54 bits per heavy atom. The van der Waals surface area contributed by atoms with Crippen LogP contribution in [0.2, 0.25) is 0 Å². The summed E-state index contributed by atoms with van der Waals surface area (Å²) in [5, 5.41) is 3.70. The summed E-state index contributed by atoms with van der Waals surface area (Å²) in [5.41, 5.74) is 5.07. The number of hydrogen-bond acceptors (Lipinski definition) is 3. The number of nitrogens with zero attached hydrogens (tertiary/aromatic N) is 1. The Morgan fingerprint density at radius 2 is 1.89 bits per heavy atom. The lowest BCUT2D eigenvalue weighted by Gasteiger charge is -2.35. The molecule has 0 saturated carbocycles. The summed E-state index contributed by atoms with van der Waals surface area (Å²) in [6, 6.07) is 9.07. The highest BCUT2D eigenvalue weighted by molar-refractivity contribution is 5.27. The van der Waals surface area contributed by atoms with Crippen molar-refractivity contribution in [2.45, 2.75) is 78.8 Å². The number of allylic oxidation sites excluding steroid dienone is 2. The van der Waals surface area contributed by atoms with Crippen molar-refractivity contribution in [3.8, 4) is 5.75 Å². The molecular formula is C25H42N2O. The number of rotatable bonds is 11. The van der Waals surface area contributed by atoms with Crippen LogP contribution in [0.4, 0.5) is 0 Å². The lowest BCUT2D eigenvalue weighted by atomic mass is 9.71. The van der Waals surface area contributed by atoms with Gasteiger partial charge in [0.15, 0.2) is 0 Å². The van der Waals surface area contributed by atoms with Crippen LogP contribution in [0.1, 0.15) is 71.8 Å². The molecule has 3 heteroatoms. The van der Waals surface area contributed by atoms with Gasteiger partial charge in [-0.3, -0.25) is 0 Å². The van der Waals surface area contributed by atoms with E-state index in [2.05, 4.69) is 76.3 Å². The molecule has 1 N–H and O–H groups in total. The van der Waals surface area contributed by atoms with Crippen LogP contribution in [0.3, 0.4) is 0 Å². The molecule has 2 rings (SSSR count). The summed E-state index contributed by atoms with van der Waals surface area (Å²) in [6.45, 7) is 12.3. The van der Waals surface area contributed by atoms with Crippen LogP contribution in [0.25, 0.3) is 0 Å². The quantitative estimate of drug-likeness (QED) is 0.384. The highest BCUT2D eigenvalue weighted by Crippen LogP contribution is 2.42. The molecule has 0 radical (unpaired) electrons. The predicted octanol–water partition coefficient (Wildman–Crippen LogP) is 5.80. The van der Waals surface area contributed by atoms with Crippen molar-refractivity contribution in [2.75, 3.05) is 27.2 Å². The fourth-order valence-corrected chi connectivity index (χ4v) is 4.26. The Balaban J connectivity index is 1.71. The summed E-state index contributed by atoms with van der Waals surface area (Å²) in [7, 11) is 4.19. The first-order chi connectivity index (χ1) is 13.3. The van der Waals surface area contributed by atoms with E-state index in [1.54, 1.807) is 11.1 Å². The van der Waals surface area contributed by atoms with Gasteiger partial charge in [-0.2, -0.15) is 0 Å². The molecule has 158 valence electrons. The van der Waals surface area contributed by atoms with Gasteiger partial charge in [-0.05, 0) is 89.6 Å². The smallest absolute Gasteiger partial charge is 0.119 e. The largest absolute Gasteiger partial charge is 0.494 e. The van der Waals surface area contributed by atoms with Crippen molar-refractivity contribution >= 4 is 0 Å². The molecular weight excluding hydrogens is 344 g/mol. The Kier molecular flexibility index (Phi) is 9.04. The molecule has 0 heterocycles. The summed E-state index contributed by atoms with van der Waals surface area (Å²) in [4.78, 5) is 2.19. The van der Waals surface area contributed by atoms with Gasteiger partial charge in [-0.25, -0.2) is 0 Å². The van der Waals surface area contributed by atoms with Gasteiger partial charge in [0, 0.05) is 19.1 Å². The average Bonchev–Trinajstić information content (AvgIpc) is 2.63. The third kappa shape index (κ3) is 7.60. The van der Waals surface area contributed by atoms with Gasteiger partial charge < -0.3 is 15.0 Å². The topological polar surface area (TPSA) is 24.5 Å². The standard InChI is InChI=1S/C25H42N2O/c1-20-9-7-16-25(3,4)24(20)15-10-21(2)26-19-22-11-13-23(14-12-22)28-18-8-17-27(5)6/h11-14,21,26H,7-10,15-19H2,1-6H3. The first kappa shape index (κ1) is 23.0. The maximum Gasteiger partial charge on any atom is 0.119 e. The zero-order chi connectivity index (χ0) is 20.6. The van der Waals surface area contributed by atoms with E-state index in [4.69, 9.17) is 4.74 Å². The van der Waals surface area contributed by atoms with Crippen LogP contribution in [-0.2, 0) is 6.54 Å². The Labute approximate surface area is 173 Å². The van der Waals surface area contributed by atoms with Crippen molar-refractivity contribution in [1.29, 1.82) is 0 Å². The predicted molar refractivity (Wildman–Crippen MR) is 121 cm³/mol. The van der Waals surface area contributed by atoms with Crippen LogP contribution < -0.4 is 10.1 Å². The van der Waals surface area contributed by atoms with Crippen LogP contribution >= 0.6 is 0 Å². The van der Waals surface area contributed by atoms with E-state index in [-0.39, 0.29) is 0 Å². The van der Waals surface area contributed by atoms with Gasteiger partial charge in [-0.1, -0.05) is 37.1 Å². The fraction of sp³-hybridized carbons (Fsp3) is 0.680. The molecule has 0 spiro atoms. The summed E-state index contributed by atoms with van der Waals surface area (Å²) >= 11 is 0. The van der Waals surface area contributed by atoms with Crippen LogP contribution in [0, 0.1) is 5.41 Å². The number of ether oxygens (including phenoxy) is 1. The van der Waals surface area contributed by atoms with E-state index < -0.39 is 0 Å². The van der Waals surface area contributed by atoms with Crippen molar-refractivity contribution in [3.05, 3.63) is 41.0 Å². The highest BCUT2D eigenvalue weighted by atomic mass is 16.5. The minimum Gasteiger partial charge on any atom is -0.494 e. The van der Waals surface area contributed by atoms with Gasteiger partial charge in [0.2, 0.25) is 0 Å². The van der Waals surface area contributed by atoms with E-state index in [0.29, 0.717) is 11.5 Å². The van der Waals surface area contributed by atoms with Crippen LogP contribution in [-0.4, -0.2) is 38.2 Å². The van der Waals surface area contributed by atoms with Crippen molar-refractivity contribution in [3.63, 3.8) is 0 Å². The molecule has 0 aromatic heterocycles. The second-order valence-corrected chi connectivity index (χ2v) is 9.47. The fourth-order valence-electron chi connectivity index (χ4n) is 4.26. The van der Waals surface area contributed by atoms with Gasteiger partial charge in [0.25, 0.3) is 0 Å². The van der Waals surface area contributed by atoms with Crippen molar-refractivity contribution in [1.82, 2.24) is 10.2 Å². The van der Waals surface area contributed by atoms with E-state index in [1.807, 2.05) is 0 Å². The molecule has 1 aliphatic rings. The maximum absolute atomic E-state index is 5.82. The Morgan fingerprint density at radius 1 is 1.18 bits per heavy atom. The second kappa shape index (κ2) is 11.0. The minimum absolute atomic E-state index is 0.393. The molecule has 1 aliphatic carbocycles. The van der Waals surface area contributed by atoms with E-state index in [0.717, 1.165) is 31.9 Å². The molecule has 3 nitrogen and oxygen atoms in total. The first-order valence-electron chi connectivity index (χ1n) is 11.1.